The molecule has 14 heteroatoms. The van der Waals surface area contributed by atoms with E-state index in [0.29, 0.717) is 5.82 Å². The number of hydrogen-bond acceptors (Lipinski definition) is 7. The molecule has 2 aromatic heterocycles. The zero-order valence-electron chi connectivity index (χ0n) is 16.0. The van der Waals surface area contributed by atoms with E-state index in [1.807, 2.05) is 24.3 Å². The lowest BCUT2D eigenvalue weighted by Gasteiger charge is -2.37. The third kappa shape index (κ3) is 5.97. The Labute approximate surface area is 180 Å². The molecular formula is C18H15F5N4O4S. The molecule has 2 N–H and O–H groups in total. The predicted molar refractivity (Wildman–Crippen MR) is 101 cm³/mol. The quantitative estimate of drug-likeness (QED) is 0.539. The number of hydrogen-bond donors (Lipinski definition) is 2. The van der Waals surface area contributed by atoms with Crippen LogP contribution < -0.4 is 5.76 Å². The van der Waals surface area contributed by atoms with Crippen LogP contribution in [-0.2, 0) is 11.3 Å². The van der Waals surface area contributed by atoms with Gasteiger partial charge >= 0.3 is 17.9 Å². The van der Waals surface area contributed by atoms with E-state index in [1.54, 1.807) is 0 Å². The maximum absolute atomic E-state index is 12.6. The Morgan fingerprint density at radius 3 is 2.38 bits per heavy atom. The van der Waals surface area contributed by atoms with E-state index >= 15 is 0 Å². The molecule has 1 aliphatic rings. The Balaban J connectivity index is 0.000000360. The van der Waals surface area contributed by atoms with Crippen LogP contribution in [0.4, 0.5) is 22.0 Å². The molecule has 8 nitrogen and oxygen atoms in total. The van der Waals surface area contributed by atoms with Crippen molar-refractivity contribution in [3.05, 3.63) is 57.4 Å². The number of aliphatic carboxylic acids is 1. The van der Waals surface area contributed by atoms with Crippen molar-refractivity contribution in [1.82, 2.24) is 20.0 Å². The number of nitrogens with zero attached hydrogens (tertiary/aromatic N) is 3. The third-order valence-corrected chi connectivity index (χ3v) is 5.45. The van der Waals surface area contributed by atoms with Crippen LogP contribution in [0.25, 0.3) is 10.4 Å². The van der Waals surface area contributed by atoms with Gasteiger partial charge in [-0.25, -0.2) is 23.4 Å². The van der Waals surface area contributed by atoms with Crippen molar-refractivity contribution in [2.75, 3.05) is 13.1 Å². The van der Waals surface area contributed by atoms with Gasteiger partial charge in [0.15, 0.2) is 10.8 Å². The van der Waals surface area contributed by atoms with Crippen molar-refractivity contribution >= 4 is 17.3 Å². The number of aromatic amines is 1. The molecule has 1 saturated heterocycles. The van der Waals surface area contributed by atoms with Gasteiger partial charge in [-0.1, -0.05) is 29.4 Å². The van der Waals surface area contributed by atoms with Crippen molar-refractivity contribution in [2.45, 2.75) is 25.1 Å². The molecule has 3 aromatic rings. The summed E-state index contributed by atoms with van der Waals surface area (Å²) in [6.45, 7) is 2.39. The van der Waals surface area contributed by atoms with Crippen LogP contribution in [0.1, 0.15) is 28.7 Å². The number of nitrogens with one attached hydrogen (secondary N) is 1. The second kappa shape index (κ2) is 9.56. The second-order valence-electron chi connectivity index (χ2n) is 6.73. The molecule has 0 saturated carbocycles. The number of thiazole rings is 1. The summed E-state index contributed by atoms with van der Waals surface area (Å²) in [7, 11) is 0. The lowest BCUT2D eigenvalue weighted by molar-refractivity contribution is -0.192. The molecule has 32 heavy (non-hydrogen) atoms. The summed E-state index contributed by atoms with van der Waals surface area (Å²) in [5.74, 6) is -2.50. The molecular weight excluding hydrogens is 463 g/mol. The Kier molecular flexibility index (Phi) is 7.03. The monoisotopic (exact) mass is 478 g/mol. The summed E-state index contributed by atoms with van der Waals surface area (Å²) in [4.78, 5) is 29.1. The Morgan fingerprint density at radius 1 is 1.28 bits per heavy atom. The number of aromatic nitrogens is 3. The van der Waals surface area contributed by atoms with Gasteiger partial charge in [-0.3, -0.25) is 14.4 Å². The molecule has 172 valence electrons. The van der Waals surface area contributed by atoms with Crippen LogP contribution in [0.5, 0.6) is 0 Å². The first kappa shape index (κ1) is 23.5. The highest BCUT2D eigenvalue weighted by Gasteiger charge is 2.38. The number of benzene rings is 1. The van der Waals surface area contributed by atoms with Gasteiger partial charge in [0.05, 0.1) is 4.88 Å². The smallest absolute Gasteiger partial charge is 0.475 e. The largest absolute Gasteiger partial charge is 0.490 e. The van der Waals surface area contributed by atoms with Crippen molar-refractivity contribution in [2.24, 2.45) is 0 Å². The van der Waals surface area contributed by atoms with E-state index < -0.39 is 24.3 Å². The molecule has 0 amide bonds. The van der Waals surface area contributed by atoms with E-state index in [1.165, 1.54) is 6.20 Å². The third-order valence-electron chi connectivity index (χ3n) is 4.40. The predicted octanol–water partition coefficient (Wildman–Crippen LogP) is 3.66. The molecule has 0 spiro atoms. The Hall–Kier alpha value is -3.13. The summed E-state index contributed by atoms with van der Waals surface area (Å²) in [6.07, 6.45) is -6.13. The number of H-pyrrole nitrogens is 1. The van der Waals surface area contributed by atoms with Gasteiger partial charge in [-0.05, 0) is 11.1 Å². The van der Waals surface area contributed by atoms with Crippen LogP contribution in [0.3, 0.4) is 0 Å². The van der Waals surface area contributed by atoms with Gasteiger partial charge in [0.1, 0.15) is 0 Å². The highest BCUT2D eigenvalue weighted by Crippen LogP contribution is 2.32. The number of carbonyl (C=O) groups is 1. The first-order chi connectivity index (χ1) is 15.0. The minimum absolute atomic E-state index is 0.156. The van der Waals surface area contributed by atoms with Gasteiger partial charge in [0.25, 0.3) is 6.43 Å². The number of rotatable bonds is 5. The fraction of sp³-hybridized carbons (Fsp3) is 0.333. The fourth-order valence-electron chi connectivity index (χ4n) is 2.84. The Morgan fingerprint density at radius 2 is 1.91 bits per heavy atom. The maximum atomic E-state index is 12.6. The summed E-state index contributed by atoms with van der Waals surface area (Å²) in [6, 6.07) is 7.82. The first-order valence-electron chi connectivity index (χ1n) is 8.94. The first-order valence-corrected chi connectivity index (χ1v) is 9.76. The van der Waals surface area contributed by atoms with Gasteiger partial charge in [0, 0.05) is 31.7 Å². The molecule has 1 fully saturated rings. The normalized spacial score (nSPS) is 14.7. The minimum atomic E-state index is -5.08. The fourth-order valence-corrected chi connectivity index (χ4v) is 3.62. The SMILES string of the molecule is O=C(O)C(F)(F)F.O=c1[nH]c(C2CN(Cc3ccc(-c4cnc(C(F)F)s4)cc3)C2)no1. The zero-order valence-corrected chi connectivity index (χ0v) is 16.8. The molecule has 1 aliphatic heterocycles. The number of alkyl halides is 5. The van der Waals surface area contributed by atoms with Crippen LogP contribution in [-0.4, -0.2) is 50.4 Å². The standard InChI is InChI=1S/C16H14F2N4O2S.C2HF3O2/c17-13(18)15-19-5-12(25-15)10-3-1-9(2-4-10)6-22-7-11(8-22)14-20-16(23)24-21-14;3-2(4,5)1(6)7/h1-5,11,13H,6-8H2,(H,20,21,23);(H,6,7). The lowest BCUT2D eigenvalue weighted by atomic mass is 9.98. The van der Waals surface area contributed by atoms with Crippen LogP contribution in [0, 0.1) is 0 Å². The molecule has 1 aromatic carbocycles. The maximum Gasteiger partial charge on any atom is 0.490 e. The minimum Gasteiger partial charge on any atom is -0.475 e. The highest BCUT2D eigenvalue weighted by molar-refractivity contribution is 7.15. The number of carboxylic acids is 1. The second-order valence-corrected chi connectivity index (χ2v) is 7.80. The van der Waals surface area contributed by atoms with Gasteiger partial charge in [-0.2, -0.15) is 13.2 Å². The van der Waals surface area contributed by atoms with Crippen molar-refractivity contribution < 1.29 is 36.4 Å². The summed E-state index contributed by atoms with van der Waals surface area (Å²) in [5.41, 5.74) is 2.02. The van der Waals surface area contributed by atoms with Crippen LogP contribution in [0.15, 0.2) is 39.8 Å². The number of carboxylic acid groups (broad SMARTS) is 1. The summed E-state index contributed by atoms with van der Waals surface area (Å²) < 4.78 is 61.5. The van der Waals surface area contributed by atoms with Crippen molar-refractivity contribution in [1.29, 1.82) is 0 Å². The number of halogens is 5. The average Bonchev–Trinajstić information content (AvgIpc) is 3.34. The van der Waals surface area contributed by atoms with Gasteiger partial charge in [-0.15, -0.1) is 11.3 Å². The van der Waals surface area contributed by atoms with Crippen LogP contribution >= 0.6 is 11.3 Å². The lowest BCUT2D eigenvalue weighted by Crippen LogP contribution is -2.44. The van der Waals surface area contributed by atoms with E-state index in [2.05, 4.69) is 24.5 Å². The molecule has 0 atom stereocenters. The molecule has 4 rings (SSSR count). The van der Waals surface area contributed by atoms with Gasteiger partial charge in [0.2, 0.25) is 0 Å². The summed E-state index contributed by atoms with van der Waals surface area (Å²) in [5, 5.41) is 10.7. The van der Waals surface area contributed by atoms with E-state index in [4.69, 9.17) is 9.90 Å². The average molecular weight is 478 g/mol. The molecule has 0 radical (unpaired) electrons. The molecule has 0 aliphatic carbocycles. The van der Waals surface area contributed by atoms with E-state index in [9.17, 15) is 26.7 Å². The van der Waals surface area contributed by atoms with Crippen LogP contribution in [0.2, 0.25) is 0 Å². The Bertz CT molecular complexity index is 1100. The van der Waals surface area contributed by atoms with E-state index in [0.717, 1.165) is 47.0 Å². The number of likely N-dealkylation sites (tertiary alicyclic amines) is 1. The highest BCUT2D eigenvalue weighted by atomic mass is 32.1. The van der Waals surface area contributed by atoms with Gasteiger partial charge < -0.3 is 5.11 Å². The van der Waals surface area contributed by atoms with Crippen molar-refractivity contribution in [3.8, 4) is 10.4 Å². The molecule has 3 heterocycles. The molecule has 0 bridgehead atoms. The topological polar surface area (TPSA) is 112 Å². The molecule has 0 unspecified atom stereocenters. The van der Waals surface area contributed by atoms with Crippen molar-refractivity contribution in [3.63, 3.8) is 0 Å². The van der Waals surface area contributed by atoms with E-state index in [-0.39, 0.29) is 10.9 Å². The summed E-state index contributed by atoms with van der Waals surface area (Å²) >= 11 is 1.01. The zero-order chi connectivity index (χ0) is 23.5.